The number of hydrogen-bond acceptors (Lipinski definition) is 1. The molecule has 0 heterocycles. The lowest BCUT2D eigenvalue weighted by atomic mass is 10.0. The molecule has 2 aromatic rings. The van der Waals surface area contributed by atoms with Crippen LogP contribution in [0.1, 0.15) is 11.1 Å². The summed E-state index contributed by atoms with van der Waals surface area (Å²) >= 11 is 0. The van der Waals surface area contributed by atoms with Crippen LogP contribution in [-0.4, -0.2) is 0 Å². The second-order valence-electron chi connectivity index (χ2n) is 3.99. The summed E-state index contributed by atoms with van der Waals surface area (Å²) in [6.45, 7) is 1.92. The molecule has 0 bridgehead atoms. The fraction of sp³-hybridized carbons (Fsp3) is 0.143. The minimum atomic E-state index is -0.418. The van der Waals surface area contributed by atoms with Gasteiger partial charge in [0.05, 0.1) is 0 Å². The number of aryl methyl sites for hydroxylation is 1. The molecule has 2 aromatic carbocycles. The Morgan fingerprint density at radius 1 is 1.06 bits per heavy atom. The molecule has 0 saturated heterocycles. The van der Waals surface area contributed by atoms with Crippen molar-refractivity contribution in [3.63, 3.8) is 0 Å². The van der Waals surface area contributed by atoms with Gasteiger partial charge in [-0.25, -0.2) is 8.78 Å². The fourth-order valence-corrected chi connectivity index (χ4v) is 1.73. The first-order valence-corrected chi connectivity index (χ1v) is 5.37. The van der Waals surface area contributed by atoms with Gasteiger partial charge in [-0.2, -0.15) is 0 Å². The van der Waals surface area contributed by atoms with E-state index >= 15 is 0 Å². The Balaban J connectivity index is 2.56. The van der Waals surface area contributed by atoms with Gasteiger partial charge in [-0.3, -0.25) is 0 Å². The van der Waals surface area contributed by atoms with E-state index in [-0.39, 0.29) is 5.56 Å². The van der Waals surface area contributed by atoms with Gasteiger partial charge < -0.3 is 5.73 Å². The van der Waals surface area contributed by atoms with E-state index in [4.69, 9.17) is 5.73 Å². The van der Waals surface area contributed by atoms with Crippen LogP contribution in [0, 0.1) is 18.6 Å². The van der Waals surface area contributed by atoms with E-state index in [0.717, 1.165) is 5.56 Å². The van der Waals surface area contributed by atoms with Crippen molar-refractivity contribution in [3.05, 3.63) is 59.2 Å². The highest BCUT2D eigenvalue weighted by Crippen LogP contribution is 2.26. The van der Waals surface area contributed by atoms with Crippen LogP contribution in [0.5, 0.6) is 0 Å². The average molecular weight is 233 g/mol. The van der Waals surface area contributed by atoms with E-state index in [0.29, 0.717) is 17.7 Å². The molecule has 0 fully saturated rings. The molecule has 0 radical (unpaired) electrons. The number of rotatable bonds is 2. The van der Waals surface area contributed by atoms with E-state index < -0.39 is 11.6 Å². The molecule has 2 rings (SSSR count). The molecule has 0 spiro atoms. The van der Waals surface area contributed by atoms with Crippen molar-refractivity contribution in [1.29, 1.82) is 0 Å². The van der Waals surface area contributed by atoms with Crippen molar-refractivity contribution in [2.45, 2.75) is 13.5 Å². The lowest BCUT2D eigenvalue weighted by molar-refractivity contribution is 0.595. The maximum atomic E-state index is 13.8. The second-order valence-corrected chi connectivity index (χ2v) is 3.99. The Kier molecular flexibility index (Phi) is 3.20. The van der Waals surface area contributed by atoms with E-state index in [9.17, 15) is 8.78 Å². The Morgan fingerprint density at radius 3 is 2.53 bits per heavy atom. The third-order valence-electron chi connectivity index (χ3n) is 2.72. The zero-order valence-electron chi connectivity index (χ0n) is 9.50. The topological polar surface area (TPSA) is 26.0 Å². The molecular formula is C14H13F2N. The van der Waals surface area contributed by atoms with Crippen LogP contribution in [0.4, 0.5) is 8.78 Å². The monoisotopic (exact) mass is 233 g/mol. The minimum Gasteiger partial charge on any atom is -0.326 e. The summed E-state index contributed by atoms with van der Waals surface area (Å²) in [5, 5.41) is 0. The van der Waals surface area contributed by atoms with Crippen molar-refractivity contribution >= 4 is 0 Å². The van der Waals surface area contributed by atoms with Gasteiger partial charge in [0.15, 0.2) is 0 Å². The molecule has 0 unspecified atom stereocenters. The van der Waals surface area contributed by atoms with Gasteiger partial charge in [-0.15, -0.1) is 0 Å². The van der Waals surface area contributed by atoms with E-state index in [1.807, 2.05) is 6.07 Å². The molecule has 0 saturated carbocycles. The summed E-state index contributed by atoms with van der Waals surface area (Å²) in [6.07, 6.45) is 0. The Bertz CT molecular complexity index is 550. The van der Waals surface area contributed by atoms with Gasteiger partial charge in [0, 0.05) is 12.1 Å². The van der Waals surface area contributed by atoms with Crippen LogP contribution in [0.3, 0.4) is 0 Å². The molecule has 2 N–H and O–H groups in total. The van der Waals surface area contributed by atoms with E-state index in [1.54, 1.807) is 25.1 Å². The first-order chi connectivity index (χ1) is 8.11. The first-order valence-electron chi connectivity index (χ1n) is 5.37. The standard InChI is InChI=1S/C14H13F2N/c1-9-5-14(16)12(7-13(9)15)11-4-2-3-10(6-11)8-17/h2-7H,8,17H2,1H3. The predicted octanol–water partition coefficient (Wildman–Crippen LogP) is 3.40. The van der Waals surface area contributed by atoms with Crippen molar-refractivity contribution in [2.24, 2.45) is 5.73 Å². The second kappa shape index (κ2) is 4.63. The Hall–Kier alpha value is -1.74. The van der Waals surface area contributed by atoms with Crippen molar-refractivity contribution in [2.75, 3.05) is 0 Å². The lowest BCUT2D eigenvalue weighted by Gasteiger charge is -2.07. The highest BCUT2D eigenvalue weighted by atomic mass is 19.1. The van der Waals surface area contributed by atoms with Crippen LogP contribution in [0.15, 0.2) is 36.4 Å². The van der Waals surface area contributed by atoms with Crippen molar-refractivity contribution in [1.82, 2.24) is 0 Å². The number of hydrogen-bond donors (Lipinski definition) is 1. The summed E-state index contributed by atoms with van der Waals surface area (Å²) in [5.74, 6) is -0.822. The number of benzene rings is 2. The van der Waals surface area contributed by atoms with Crippen LogP contribution < -0.4 is 5.73 Å². The van der Waals surface area contributed by atoms with Gasteiger partial charge >= 0.3 is 0 Å². The van der Waals surface area contributed by atoms with Crippen LogP contribution in [0.25, 0.3) is 11.1 Å². The lowest BCUT2D eigenvalue weighted by Crippen LogP contribution is -1.97. The maximum absolute atomic E-state index is 13.8. The maximum Gasteiger partial charge on any atom is 0.131 e. The van der Waals surface area contributed by atoms with E-state index in [2.05, 4.69) is 0 Å². The molecule has 17 heavy (non-hydrogen) atoms. The zero-order chi connectivity index (χ0) is 12.4. The SMILES string of the molecule is Cc1cc(F)c(-c2cccc(CN)c2)cc1F. The van der Waals surface area contributed by atoms with Gasteiger partial charge in [0.1, 0.15) is 11.6 Å². The predicted molar refractivity (Wildman–Crippen MR) is 64.4 cm³/mol. The van der Waals surface area contributed by atoms with Crippen molar-refractivity contribution in [3.8, 4) is 11.1 Å². The van der Waals surface area contributed by atoms with Gasteiger partial charge in [-0.1, -0.05) is 18.2 Å². The molecule has 0 aliphatic rings. The summed E-state index contributed by atoms with van der Waals surface area (Å²) in [5.41, 5.74) is 7.63. The molecule has 0 atom stereocenters. The Morgan fingerprint density at radius 2 is 1.82 bits per heavy atom. The number of nitrogens with two attached hydrogens (primary N) is 1. The fourth-order valence-electron chi connectivity index (χ4n) is 1.73. The summed E-state index contributed by atoms with van der Waals surface area (Å²) in [6, 6.07) is 9.58. The molecule has 0 aromatic heterocycles. The average Bonchev–Trinajstić information content (AvgIpc) is 2.34. The zero-order valence-corrected chi connectivity index (χ0v) is 9.50. The summed E-state index contributed by atoms with van der Waals surface area (Å²) in [7, 11) is 0. The van der Waals surface area contributed by atoms with E-state index in [1.165, 1.54) is 12.1 Å². The van der Waals surface area contributed by atoms with Crippen LogP contribution in [-0.2, 0) is 6.54 Å². The van der Waals surface area contributed by atoms with Gasteiger partial charge in [-0.05, 0) is 41.8 Å². The quantitative estimate of drug-likeness (QED) is 0.845. The molecular weight excluding hydrogens is 220 g/mol. The molecule has 88 valence electrons. The minimum absolute atomic E-state index is 0.267. The highest BCUT2D eigenvalue weighted by Gasteiger charge is 2.09. The van der Waals surface area contributed by atoms with Gasteiger partial charge in [0.25, 0.3) is 0 Å². The van der Waals surface area contributed by atoms with Gasteiger partial charge in [0.2, 0.25) is 0 Å². The Labute approximate surface area is 98.9 Å². The normalized spacial score (nSPS) is 10.6. The molecule has 3 heteroatoms. The molecule has 1 nitrogen and oxygen atoms in total. The highest BCUT2D eigenvalue weighted by molar-refractivity contribution is 5.65. The first kappa shape index (κ1) is 11.7. The van der Waals surface area contributed by atoms with Crippen LogP contribution in [0.2, 0.25) is 0 Å². The third kappa shape index (κ3) is 2.34. The van der Waals surface area contributed by atoms with Crippen LogP contribution >= 0.6 is 0 Å². The van der Waals surface area contributed by atoms with Crippen molar-refractivity contribution < 1.29 is 8.78 Å². The summed E-state index contributed by atoms with van der Waals surface area (Å²) in [4.78, 5) is 0. The number of halogens is 2. The smallest absolute Gasteiger partial charge is 0.131 e. The third-order valence-corrected chi connectivity index (χ3v) is 2.72. The molecule has 0 aliphatic heterocycles. The molecule has 0 aliphatic carbocycles. The molecule has 0 amide bonds. The summed E-state index contributed by atoms with van der Waals surface area (Å²) < 4.78 is 27.2. The largest absolute Gasteiger partial charge is 0.326 e.